The Morgan fingerprint density at radius 2 is 1.82 bits per heavy atom. The quantitative estimate of drug-likeness (QED) is 0.734. The highest BCUT2D eigenvalue weighted by molar-refractivity contribution is 6.20. The van der Waals surface area contributed by atoms with Crippen LogP contribution in [0.5, 0.6) is 0 Å². The molecule has 2 atom stereocenters. The van der Waals surface area contributed by atoms with Gasteiger partial charge in [-0.25, -0.2) is 9.78 Å². The zero-order valence-corrected chi connectivity index (χ0v) is 15.4. The number of carbonyl (C=O) groups excluding carboxylic acids is 4. The number of benzene rings is 1. The molecule has 4 rings (SSSR count). The van der Waals surface area contributed by atoms with E-state index in [0.717, 1.165) is 0 Å². The van der Waals surface area contributed by atoms with Crippen LogP contribution in [-0.2, 0) is 21.5 Å². The lowest BCUT2D eigenvalue weighted by atomic mass is 10.00. The molecule has 9 nitrogen and oxygen atoms in total. The molecule has 3 amide bonds. The first-order chi connectivity index (χ1) is 13.4. The SMILES string of the molecule is CCN1C(=O)C[C@H](C(=O)ON2C(=O)c3ccccc3C2=O)[C@H]1c1nccn1C. The first-order valence-electron chi connectivity index (χ1n) is 8.90. The van der Waals surface area contributed by atoms with Gasteiger partial charge < -0.3 is 14.3 Å². The number of hydrogen-bond donors (Lipinski definition) is 0. The maximum atomic E-state index is 12.9. The van der Waals surface area contributed by atoms with Gasteiger partial charge in [-0.1, -0.05) is 17.2 Å². The van der Waals surface area contributed by atoms with E-state index < -0.39 is 29.7 Å². The molecule has 1 aromatic heterocycles. The maximum absolute atomic E-state index is 12.9. The first-order valence-corrected chi connectivity index (χ1v) is 8.90. The highest BCUT2D eigenvalue weighted by Gasteiger charge is 2.49. The number of hydroxylamine groups is 2. The molecule has 144 valence electrons. The van der Waals surface area contributed by atoms with E-state index in [0.29, 0.717) is 17.4 Å². The number of fused-ring (bicyclic) bond motifs is 1. The lowest BCUT2D eigenvalue weighted by Gasteiger charge is -2.26. The Hall–Kier alpha value is -3.49. The molecule has 1 fully saturated rings. The van der Waals surface area contributed by atoms with Gasteiger partial charge in [0.05, 0.1) is 17.0 Å². The van der Waals surface area contributed by atoms with Crippen LogP contribution in [0.4, 0.5) is 0 Å². The fraction of sp³-hybridized carbons (Fsp3) is 0.316. The van der Waals surface area contributed by atoms with Crippen molar-refractivity contribution in [3.05, 3.63) is 53.6 Å². The van der Waals surface area contributed by atoms with Crippen LogP contribution in [0.2, 0.25) is 0 Å². The molecule has 28 heavy (non-hydrogen) atoms. The summed E-state index contributed by atoms with van der Waals surface area (Å²) in [6.07, 6.45) is 3.23. The fourth-order valence-electron chi connectivity index (χ4n) is 3.76. The summed E-state index contributed by atoms with van der Waals surface area (Å²) in [5.41, 5.74) is 0.359. The summed E-state index contributed by atoms with van der Waals surface area (Å²) in [6.45, 7) is 2.21. The van der Waals surface area contributed by atoms with Gasteiger partial charge in [-0.05, 0) is 19.1 Å². The molecule has 1 aromatic carbocycles. The van der Waals surface area contributed by atoms with Crippen LogP contribution in [0.15, 0.2) is 36.7 Å². The van der Waals surface area contributed by atoms with Crippen LogP contribution >= 0.6 is 0 Å². The Kier molecular flexibility index (Phi) is 4.21. The zero-order chi connectivity index (χ0) is 20.0. The summed E-state index contributed by atoms with van der Waals surface area (Å²) < 4.78 is 1.73. The van der Waals surface area contributed by atoms with Gasteiger partial charge in [0, 0.05) is 32.4 Å². The van der Waals surface area contributed by atoms with Gasteiger partial charge in [0.15, 0.2) is 0 Å². The number of carbonyl (C=O) groups is 4. The van der Waals surface area contributed by atoms with Gasteiger partial charge in [0.1, 0.15) is 11.9 Å². The molecular weight excluding hydrogens is 364 g/mol. The number of nitrogens with zero attached hydrogens (tertiary/aromatic N) is 4. The Morgan fingerprint density at radius 3 is 2.36 bits per heavy atom. The third kappa shape index (κ3) is 2.58. The topological polar surface area (TPSA) is 102 Å². The van der Waals surface area contributed by atoms with Gasteiger partial charge in [-0.15, -0.1) is 0 Å². The molecule has 0 bridgehead atoms. The summed E-state index contributed by atoms with van der Waals surface area (Å²) in [5.74, 6) is -2.75. The maximum Gasteiger partial charge on any atom is 0.339 e. The van der Waals surface area contributed by atoms with Gasteiger partial charge in [0.2, 0.25) is 5.91 Å². The lowest BCUT2D eigenvalue weighted by Crippen LogP contribution is -2.37. The Bertz CT molecular complexity index is 963. The number of imidazole rings is 1. The van der Waals surface area contributed by atoms with Crippen molar-refractivity contribution in [2.24, 2.45) is 13.0 Å². The highest BCUT2D eigenvalue weighted by Crippen LogP contribution is 2.38. The standard InChI is InChI=1S/C19H18N4O5/c1-3-22-14(24)10-13(15(22)16-20-8-9-21(16)2)19(27)28-23-17(25)11-6-4-5-7-12(11)18(23)26/h4-9,13,15H,3,10H2,1-2H3/t13-,15-/m0/s1. The predicted molar refractivity (Wildman–Crippen MR) is 94.5 cm³/mol. The summed E-state index contributed by atoms with van der Waals surface area (Å²) >= 11 is 0. The van der Waals surface area contributed by atoms with Crippen molar-refractivity contribution >= 4 is 23.7 Å². The predicted octanol–water partition coefficient (Wildman–Crippen LogP) is 1.08. The number of aromatic nitrogens is 2. The average molecular weight is 382 g/mol. The molecule has 0 N–H and O–H groups in total. The van der Waals surface area contributed by atoms with Crippen LogP contribution in [0, 0.1) is 5.92 Å². The van der Waals surface area contributed by atoms with Crippen LogP contribution < -0.4 is 0 Å². The Labute approximate surface area is 160 Å². The van der Waals surface area contributed by atoms with Crippen molar-refractivity contribution < 1.29 is 24.0 Å². The number of hydrogen-bond acceptors (Lipinski definition) is 6. The summed E-state index contributed by atoms with van der Waals surface area (Å²) in [4.78, 5) is 61.2. The number of rotatable bonds is 4. The molecule has 0 aliphatic carbocycles. The molecular formula is C19H18N4O5. The zero-order valence-electron chi connectivity index (χ0n) is 15.4. The minimum absolute atomic E-state index is 0.0760. The second kappa shape index (κ2) is 6.59. The minimum Gasteiger partial charge on any atom is -0.336 e. The van der Waals surface area contributed by atoms with Crippen molar-refractivity contribution in [3.8, 4) is 0 Å². The van der Waals surface area contributed by atoms with Gasteiger partial charge >= 0.3 is 5.97 Å². The number of likely N-dealkylation sites (tertiary alicyclic amines) is 1. The van der Waals surface area contributed by atoms with Crippen LogP contribution in [0.25, 0.3) is 0 Å². The molecule has 0 spiro atoms. The van der Waals surface area contributed by atoms with E-state index in [1.165, 1.54) is 12.1 Å². The molecule has 2 aromatic rings. The molecule has 0 saturated carbocycles. The molecule has 2 aliphatic rings. The molecule has 9 heteroatoms. The molecule has 0 radical (unpaired) electrons. The summed E-state index contributed by atoms with van der Waals surface area (Å²) in [5, 5.41) is 0.474. The Balaban J connectivity index is 1.61. The van der Waals surface area contributed by atoms with E-state index >= 15 is 0 Å². The van der Waals surface area contributed by atoms with Crippen molar-refractivity contribution in [2.75, 3.05) is 6.54 Å². The number of amides is 3. The van der Waals surface area contributed by atoms with Crippen molar-refractivity contribution in [1.82, 2.24) is 19.5 Å². The second-order valence-corrected chi connectivity index (χ2v) is 6.69. The van der Waals surface area contributed by atoms with E-state index in [1.54, 1.807) is 41.0 Å². The van der Waals surface area contributed by atoms with E-state index in [1.807, 2.05) is 6.92 Å². The van der Waals surface area contributed by atoms with Gasteiger partial charge in [0.25, 0.3) is 11.8 Å². The van der Waals surface area contributed by atoms with E-state index in [4.69, 9.17) is 4.84 Å². The summed E-state index contributed by atoms with van der Waals surface area (Å²) in [7, 11) is 1.77. The summed E-state index contributed by atoms with van der Waals surface area (Å²) in [6, 6.07) is 5.62. The van der Waals surface area contributed by atoms with E-state index in [2.05, 4.69) is 4.98 Å². The highest BCUT2D eigenvalue weighted by atomic mass is 16.7. The largest absolute Gasteiger partial charge is 0.339 e. The third-order valence-electron chi connectivity index (χ3n) is 5.14. The van der Waals surface area contributed by atoms with Gasteiger partial charge in [-0.2, -0.15) is 0 Å². The van der Waals surface area contributed by atoms with Crippen molar-refractivity contribution in [2.45, 2.75) is 19.4 Å². The van der Waals surface area contributed by atoms with E-state index in [9.17, 15) is 19.2 Å². The molecule has 2 aliphatic heterocycles. The monoisotopic (exact) mass is 382 g/mol. The normalized spacial score (nSPS) is 21.4. The lowest BCUT2D eigenvalue weighted by molar-refractivity contribution is -0.174. The third-order valence-corrected chi connectivity index (χ3v) is 5.14. The van der Waals surface area contributed by atoms with Gasteiger partial charge in [-0.3, -0.25) is 14.4 Å². The van der Waals surface area contributed by atoms with Crippen LogP contribution in [0.3, 0.4) is 0 Å². The number of imide groups is 1. The second-order valence-electron chi connectivity index (χ2n) is 6.69. The molecule has 0 unspecified atom stereocenters. The smallest absolute Gasteiger partial charge is 0.336 e. The fourth-order valence-corrected chi connectivity index (χ4v) is 3.76. The molecule has 3 heterocycles. The first kappa shape index (κ1) is 17.9. The average Bonchev–Trinajstić information content (AvgIpc) is 3.32. The van der Waals surface area contributed by atoms with E-state index in [-0.39, 0.29) is 23.5 Å². The van der Waals surface area contributed by atoms with Crippen molar-refractivity contribution in [1.29, 1.82) is 0 Å². The van der Waals surface area contributed by atoms with Crippen molar-refractivity contribution in [3.63, 3.8) is 0 Å². The molecule has 1 saturated heterocycles. The number of aryl methyl sites for hydroxylation is 1. The minimum atomic E-state index is -0.877. The van der Waals surface area contributed by atoms with Crippen LogP contribution in [0.1, 0.15) is 45.9 Å². The Morgan fingerprint density at radius 1 is 1.18 bits per heavy atom. The van der Waals surface area contributed by atoms with Crippen LogP contribution in [-0.4, -0.2) is 49.7 Å².